The largest absolute Gasteiger partial charge is 0.507 e. The van der Waals surface area contributed by atoms with Crippen LogP contribution in [0.5, 0.6) is 17.2 Å². The first-order chi connectivity index (χ1) is 12.2. The minimum absolute atomic E-state index is 0. The Morgan fingerprint density at radius 1 is 1.07 bits per heavy atom. The smallest absolute Gasteiger partial charge is 0.258 e. The number of phenolic OH excluding ortho intramolecular Hbond substituents is 1. The number of phenols is 1. The summed E-state index contributed by atoms with van der Waals surface area (Å²) in [4.78, 5) is 14.8. The molecule has 0 spiro atoms. The lowest BCUT2D eigenvalue weighted by molar-refractivity contribution is 0.0641. The van der Waals surface area contributed by atoms with Gasteiger partial charge in [0, 0.05) is 18.2 Å². The van der Waals surface area contributed by atoms with E-state index in [1.807, 2.05) is 27.7 Å². The van der Waals surface area contributed by atoms with Gasteiger partial charge in [-0.25, -0.2) is 0 Å². The molecule has 0 radical (unpaired) electrons. The van der Waals surface area contributed by atoms with Crippen molar-refractivity contribution >= 4 is 24.1 Å². The van der Waals surface area contributed by atoms with E-state index in [1.54, 1.807) is 35.2 Å². The molecule has 4 N–H and O–H groups in total. The number of carbonyl (C=O) groups excluding carboxylic acids is 1. The first-order valence-corrected chi connectivity index (χ1v) is 8.49. The molecule has 7 heteroatoms. The average molecular weight is 392 g/mol. The van der Waals surface area contributed by atoms with E-state index in [1.165, 1.54) is 12.1 Å². The third kappa shape index (κ3) is 5.14. The lowest BCUT2D eigenvalue weighted by atomic mass is 10.1. The molecule has 27 heavy (non-hydrogen) atoms. The Morgan fingerprint density at radius 3 is 2.19 bits per heavy atom. The van der Waals surface area contributed by atoms with Crippen molar-refractivity contribution in [3.8, 4) is 17.2 Å². The van der Waals surface area contributed by atoms with Gasteiger partial charge in [-0.15, -0.1) is 12.4 Å². The highest BCUT2D eigenvalue weighted by molar-refractivity contribution is 5.98. The number of benzene rings is 2. The average Bonchev–Trinajstić information content (AvgIpc) is 2.54. The van der Waals surface area contributed by atoms with Gasteiger partial charge in [0.25, 0.3) is 5.91 Å². The molecule has 0 bridgehead atoms. The molecule has 0 saturated carbocycles. The van der Waals surface area contributed by atoms with Crippen molar-refractivity contribution in [3.63, 3.8) is 0 Å². The predicted octanol–water partition coefficient (Wildman–Crippen LogP) is 4.15. The number of nitrogens with one attached hydrogen (secondary N) is 1. The number of amidine groups is 1. The van der Waals surface area contributed by atoms with Crippen LogP contribution in [0, 0.1) is 5.41 Å². The van der Waals surface area contributed by atoms with Crippen LogP contribution in [0.3, 0.4) is 0 Å². The minimum Gasteiger partial charge on any atom is -0.507 e. The Balaban J connectivity index is 0.00000364. The second-order valence-corrected chi connectivity index (χ2v) is 6.59. The number of amides is 1. The van der Waals surface area contributed by atoms with E-state index in [4.69, 9.17) is 15.9 Å². The molecule has 6 nitrogen and oxygen atoms in total. The van der Waals surface area contributed by atoms with E-state index in [9.17, 15) is 9.90 Å². The molecular weight excluding hydrogens is 366 g/mol. The molecule has 0 saturated heterocycles. The number of hydrogen-bond donors (Lipinski definition) is 3. The zero-order valence-electron chi connectivity index (χ0n) is 15.9. The van der Waals surface area contributed by atoms with Crippen molar-refractivity contribution in [2.75, 3.05) is 0 Å². The summed E-state index contributed by atoms with van der Waals surface area (Å²) in [5.74, 6) is 0.265. The number of ether oxygens (including phenoxy) is 1. The second-order valence-electron chi connectivity index (χ2n) is 6.59. The van der Waals surface area contributed by atoms with Crippen molar-refractivity contribution in [3.05, 3.63) is 53.6 Å². The monoisotopic (exact) mass is 391 g/mol. The van der Waals surface area contributed by atoms with Crippen molar-refractivity contribution in [2.24, 2.45) is 5.73 Å². The van der Waals surface area contributed by atoms with Gasteiger partial charge in [0.2, 0.25) is 0 Å². The standard InChI is InChI=1S/C20H25N3O3.ClH/c1-12(2)23(13(3)4)20(25)16-7-5-6-8-18(16)26-14-9-10-15(19(21)22)17(24)11-14;/h5-13,24H,1-4H3,(H3,21,22);1H. The fourth-order valence-corrected chi connectivity index (χ4v) is 2.87. The number of rotatable bonds is 6. The minimum atomic E-state index is -0.228. The Bertz CT molecular complexity index is 814. The first kappa shape index (κ1) is 22.3. The van der Waals surface area contributed by atoms with E-state index in [0.29, 0.717) is 17.1 Å². The summed E-state index contributed by atoms with van der Waals surface area (Å²) in [7, 11) is 0. The zero-order chi connectivity index (χ0) is 19.4. The molecule has 0 aliphatic heterocycles. The Labute approximate surface area is 165 Å². The molecule has 0 aliphatic rings. The number of nitrogens with zero attached hydrogens (tertiary/aromatic N) is 1. The summed E-state index contributed by atoms with van der Waals surface area (Å²) in [5.41, 5.74) is 6.08. The van der Waals surface area contributed by atoms with Crippen molar-refractivity contribution in [2.45, 2.75) is 39.8 Å². The highest BCUT2D eigenvalue weighted by Gasteiger charge is 2.24. The van der Waals surface area contributed by atoms with E-state index in [-0.39, 0.29) is 47.5 Å². The third-order valence-corrected chi connectivity index (χ3v) is 3.95. The number of carbonyl (C=O) groups is 1. The van der Waals surface area contributed by atoms with Crippen LogP contribution in [0.1, 0.15) is 43.6 Å². The molecule has 0 aliphatic carbocycles. The summed E-state index contributed by atoms with van der Waals surface area (Å²) in [5, 5.41) is 17.4. The number of hydrogen-bond acceptors (Lipinski definition) is 4. The van der Waals surface area contributed by atoms with Gasteiger partial charge in [0.05, 0.1) is 11.1 Å². The predicted molar refractivity (Wildman–Crippen MR) is 109 cm³/mol. The quantitative estimate of drug-likeness (QED) is 0.508. The molecule has 0 atom stereocenters. The lowest BCUT2D eigenvalue weighted by Gasteiger charge is -2.31. The number of nitrogen functional groups attached to an aromatic ring is 1. The van der Waals surface area contributed by atoms with Gasteiger partial charge in [-0.3, -0.25) is 10.2 Å². The van der Waals surface area contributed by atoms with E-state index < -0.39 is 0 Å². The van der Waals surface area contributed by atoms with Gasteiger partial charge in [-0.1, -0.05) is 12.1 Å². The topological polar surface area (TPSA) is 99.6 Å². The normalized spacial score (nSPS) is 10.4. The Hall–Kier alpha value is -2.73. The van der Waals surface area contributed by atoms with Crippen molar-refractivity contribution < 1.29 is 14.6 Å². The van der Waals surface area contributed by atoms with E-state index in [2.05, 4.69) is 0 Å². The number of nitrogens with two attached hydrogens (primary N) is 1. The molecule has 1 amide bonds. The molecule has 0 aromatic heterocycles. The SMILES string of the molecule is CC(C)N(C(=O)c1ccccc1Oc1ccc(C(=N)N)c(O)c1)C(C)C.Cl. The molecule has 2 aromatic carbocycles. The number of para-hydroxylation sites is 1. The maximum Gasteiger partial charge on any atom is 0.258 e. The van der Waals surface area contributed by atoms with Crippen LogP contribution in [0.2, 0.25) is 0 Å². The Kier molecular flexibility index (Phi) is 7.67. The van der Waals surface area contributed by atoms with Crippen LogP contribution in [-0.2, 0) is 0 Å². The molecule has 2 rings (SSSR count). The van der Waals surface area contributed by atoms with Gasteiger partial charge in [-0.2, -0.15) is 0 Å². The Morgan fingerprint density at radius 2 is 1.67 bits per heavy atom. The van der Waals surface area contributed by atoms with Crippen LogP contribution < -0.4 is 10.5 Å². The third-order valence-electron chi connectivity index (χ3n) is 3.95. The van der Waals surface area contributed by atoms with Crippen LogP contribution in [0.25, 0.3) is 0 Å². The molecule has 0 fully saturated rings. The second kappa shape index (κ2) is 9.28. The van der Waals surface area contributed by atoms with E-state index >= 15 is 0 Å². The maximum absolute atomic E-state index is 13.0. The molecule has 146 valence electrons. The highest BCUT2D eigenvalue weighted by Crippen LogP contribution is 2.30. The summed E-state index contributed by atoms with van der Waals surface area (Å²) in [6.07, 6.45) is 0. The highest BCUT2D eigenvalue weighted by atomic mass is 35.5. The fraction of sp³-hybridized carbons (Fsp3) is 0.300. The first-order valence-electron chi connectivity index (χ1n) is 8.49. The summed E-state index contributed by atoms with van der Waals surface area (Å²) in [6.45, 7) is 7.89. The van der Waals surface area contributed by atoms with Gasteiger partial charge >= 0.3 is 0 Å². The fourth-order valence-electron chi connectivity index (χ4n) is 2.87. The molecule has 2 aromatic rings. The van der Waals surface area contributed by atoms with Crippen LogP contribution in [0.4, 0.5) is 0 Å². The van der Waals surface area contributed by atoms with Crippen LogP contribution in [-0.4, -0.2) is 33.8 Å². The van der Waals surface area contributed by atoms with Gasteiger partial charge in [0.15, 0.2) is 0 Å². The van der Waals surface area contributed by atoms with Gasteiger partial charge in [0.1, 0.15) is 23.1 Å². The summed E-state index contributed by atoms with van der Waals surface area (Å²) in [6, 6.07) is 11.6. The number of halogens is 1. The zero-order valence-corrected chi connectivity index (χ0v) is 16.7. The van der Waals surface area contributed by atoms with Crippen molar-refractivity contribution in [1.82, 2.24) is 4.90 Å². The van der Waals surface area contributed by atoms with Crippen LogP contribution >= 0.6 is 12.4 Å². The summed E-state index contributed by atoms with van der Waals surface area (Å²) >= 11 is 0. The lowest BCUT2D eigenvalue weighted by Crippen LogP contribution is -2.42. The molecule has 0 unspecified atom stereocenters. The van der Waals surface area contributed by atoms with Crippen LogP contribution in [0.15, 0.2) is 42.5 Å². The molecule has 0 heterocycles. The van der Waals surface area contributed by atoms with Gasteiger partial charge < -0.3 is 20.5 Å². The van der Waals surface area contributed by atoms with Gasteiger partial charge in [-0.05, 0) is 52.0 Å². The molecular formula is C20H26ClN3O3. The number of aromatic hydroxyl groups is 1. The summed E-state index contributed by atoms with van der Waals surface area (Å²) < 4.78 is 5.84. The van der Waals surface area contributed by atoms with E-state index in [0.717, 1.165) is 0 Å². The maximum atomic E-state index is 13.0. The van der Waals surface area contributed by atoms with Crippen molar-refractivity contribution in [1.29, 1.82) is 5.41 Å².